The molecular weight excluding hydrogens is 332 g/mol. The Kier molecular flexibility index (Phi) is 5.02. The van der Waals surface area contributed by atoms with Crippen LogP contribution in [0, 0.1) is 0 Å². The van der Waals surface area contributed by atoms with Crippen LogP contribution in [0.5, 0.6) is 0 Å². The van der Waals surface area contributed by atoms with Crippen molar-refractivity contribution in [2.75, 3.05) is 5.73 Å². The fraction of sp³-hybridized carbons (Fsp3) is 0.143. The molecule has 0 bridgehead atoms. The van der Waals surface area contributed by atoms with E-state index >= 15 is 0 Å². The van der Waals surface area contributed by atoms with Crippen LogP contribution in [0.4, 0.5) is 32.0 Å². The van der Waals surface area contributed by atoms with E-state index in [1.807, 2.05) is 0 Å². The van der Waals surface area contributed by atoms with Crippen molar-refractivity contribution in [1.29, 1.82) is 0 Å². The Hall–Kier alpha value is -1.89. The number of hydrogen-bond donors (Lipinski definition) is 1. The molecule has 0 heterocycles. The molecule has 0 spiro atoms. The summed E-state index contributed by atoms with van der Waals surface area (Å²) >= 11 is 0. The third-order valence-corrected chi connectivity index (χ3v) is 2.90. The molecule has 22 heavy (non-hydrogen) atoms. The van der Waals surface area contributed by atoms with E-state index in [4.69, 9.17) is 5.73 Å². The van der Waals surface area contributed by atoms with Crippen molar-refractivity contribution in [3.05, 3.63) is 53.6 Å². The maximum Gasteiger partial charge on any atom is 0.416 e. The highest BCUT2D eigenvalue weighted by Crippen LogP contribution is 2.36. The van der Waals surface area contributed by atoms with E-state index < -0.39 is 23.5 Å². The van der Waals surface area contributed by atoms with Crippen molar-refractivity contribution in [2.24, 2.45) is 0 Å². The summed E-state index contributed by atoms with van der Waals surface area (Å²) in [5.41, 5.74) is 4.22. The minimum Gasteiger partial charge on any atom is -0.398 e. The van der Waals surface area contributed by atoms with Gasteiger partial charge in [-0.05, 0) is 29.8 Å². The van der Waals surface area contributed by atoms with Crippen LogP contribution in [-0.2, 0) is 12.4 Å². The second kappa shape index (κ2) is 6.08. The van der Waals surface area contributed by atoms with Gasteiger partial charge in [-0.3, -0.25) is 0 Å². The molecule has 2 rings (SSSR count). The lowest BCUT2D eigenvalue weighted by atomic mass is 10.0. The molecule has 0 aromatic heterocycles. The molecule has 0 radical (unpaired) electrons. The quantitative estimate of drug-likeness (QED) is 0.546. The Morgan fingerprint density at radius 3 is 1.55 bits per heavy atom. The zero-order valence-corrected chi connectivity index (χ0v) is 11.6. The van der Waals surface area contributed by atoms with E-state index in [1.165, 1.54) is 12.1 Å². The summed E-state index contributed by atoms with van der Waals surface area (Å²) in [5, 5.41) is 0. The molecule has 2 aromatic carbocycles. The number of benzene rings is 2. The molecule has 0 saturated heterocycles. The van der Waals surface area contributed by atoms with Gasteiger partial charge in [0, 0.05) is 11.3 Å². The van der Waals surface area contributed by atoms with Crippen molar-refractivity contribution in [1.82, 2.24) is 0 Å². The van der Waals surface area contributed by atoms with E-state index in [0.717, 1.165) is 30.3 Å². The molecule has 2 aromatic rings. The predicted molar refractivity (Wildman–Crippen MR) is 73.5 cm³/mol. The van der Waals surface area contributed by atoms with Crippen LogP contribution in [0.2, 0.25) is 0 Å². The predicted octanol–water partition coefficient (Wildman–Crippen LogP) is 5.40. The molecular formula is C14H10ClF6N. The van der Waals surface area contributed by atoms with Crippen LogP contribution in [0.3, 0.4) is 0 Å². The van der Waals surface area contributed by atoms with Gasteiger partial charge >= 0.3 is 12.4 Å². The molecule has 0 aliphatic carbocycles. The van der Waals surface area contributed by atoms with Gasteiger partial charge in [0.1, 0.15) is 0 Å². The standard InChI is InChI=1S/C14H9F6N.ClH/c15-13(16,17)9-3-1-8(2-4-9)11-6-5-10(7-12(11)21)14(18,19)20;/h1-7H,21H2;1H. The molecule has 0 atom stereocenters. The lowest BCUT2D eigenvalue weighted by molar-refractivity contribution is -0.138. The van der Waals surface area contributed by atoms with Gasteiger partial charge in [0.2, 0.25) is 0 Å². The summed E-state index contributed by atoms with van der Waals surface area (Å²) in [6.07, 6.45) is -8.99. The second-order valence-electron chi connectivity index (χ2n) is 4.37. The van der Waals surface area contributed by atoms with Crippen molar-refractivity contribution in [2.45, 2.75) is 12.4 Å². The van der Waals surface area contributed by atoms with Crippen LogP contribution in [0.25, 0.3) is 11.1 Å². The summed E-state index contributed by atoms with van der Waals surface area (Å²) in [4.78, 5) is 0. The maximum absolute atomic E-state index is 12.5. The number of hydrogen-bond acceptors (Lipinski definition) is 1. The first kappa shape index (κ1) is 18.2. The van der Waals surface area contributed by atoms with Crippen LogP contribution in [-0.4, -0.2) is 0 Å². The molecule has 2 N–H and O–H groups in total. The van der Waals surface area contributed by atoms with Crippen molar-refractivity contribution >= 4 is 18.1 Å². The Morgan fingerprint density at radius 2 is 1.14 bits per heavy atom. The first-order valence-electron chi connectivity index (χ1n) is 5.73. The highest BCUT2D eigenvalue weighted by molar-refractivity contribution is 5.85. The summed E-state index contributed by atoms with van der Waals surface area (Å²) < 4.78 is 74.8. The van der Waals surface area contributed by atoms with Gasteiger partial charge in [0.05, 0.1) is 11.1 Å². The van der Waals surface area contributed by atoms with Crippen molar-refractivity contribution < 1.29 is 26.3 Å². The van der Waals surface area contributed by atoms with E-state index in [-0.39, 0.29) is 23.7 Å². The highest BCUT2D eigenvalue weighted by atomic mass is 35.5. The van der Waals surface area contributed by atoms with E-state index in [2.05, 4.69) is 0 Å². The zero-order valence-electron chi connectivity index (χ0n) is 10.8. The second-order valence-corrected chi connectivity index (χ2v) is 4.37. The van der Waals surface area contributed by atoms with E-state index in [1.54, 1.807) is 0 Å². The van der Waals surface area contributed by atoms with Crippen molar-refractivity contribution in [3.8, 4) is 11.1 Å². The van der Waals surface area contributed by atoms with Gasteiger partial charge < -0.3 is 5.73 Å². The van der Waals surface area contributed by atoms with Gasteiger partial charge in [0.15, 0.2) is 0 Å². The van der Waals surface area contributed by atoms with Gasteiger partial charge in [-0.2, -0.15) is 26.3 Å². The molecule has 120 valence electrons. The summed E-state index contributed by atoms with van der Waals surface area (Å²) in [5.74, 6) is 0. The SMILES string of the molecule is Cl.Nc1cc(C(F)(F)F)ccc1-c1ccc(C(F)(F)F)cc1. The molecule has 0 amide bonds. The van der Waals surface area contributed by atoms with Crippen LogP contribution >= 0.6 is 12.4 Å². The normalized spacial score (nSPS) is 11.9. The third-order valence-electron chi connectivity index (χ3n) is 2.90. The Labute approximate surface area is 128 Å². The Bertz CT molecular complexity index is 646. The molecule has 0 aliphatic rings. The van der Waals surface area contributed by atoms with Crippen LogP contribution in [0.15, 0.2) is 42.5 Å². The third kappa shape index (κ3) is 3.85. The molecule has 0 unspecified atom stereocenters. The number of nitrogens with two attached hydrogens (primary N) is 1. The Balaban J connectivity index is 0.00000242. The molecule has 0 aliphatic heterocycles. The van der Waals surface area contributed by atoms with Crippen LogP contribution in [0.1, 0.15) is 11.1 Å². The largest absolute Gasteiger partial charge is 0.416 e. The summed E-state index contributed by atoms with van der Waals surface area (Å²) in [6.45, 7) is 0. The molecule has 0 fully saturated rings. The fourth-order valence-electron chi connectivity index (χ4n) is 1.84. The van der Waals surface area contributed by atoms with Crippen LogP contribution < -0.4 is 5.73 Å². The Morgan fingerprint density at radius 1 is 0.682 bits per heavy atom. The molecule has 8 heteroatoms. The van der Waals surface area contributed by atoms with E-state index in [0.29, 0.717) is 5.56 Å². The number of alkyl halides is 6. The average Bonchev–Trinajstić information content (AvgIpc) is 2.36. The van der Waals surface area contributed by atoms with Gasteiger partial charge in [-0.25, -0.2) is 0 Å². The van der Waals surface area contributed by atoms with E-state index in [9.17, 15) is 26.3 Å². The summed E-state index contributed by atoms with van der Waals surface area (Å²) in [7, 11) is 0. The minimum atomic E-state index is -4.52. The van der Waals surface area contributed by atoms with Gasteiger partial charge in [-0.1, -0.05) is 18.2 Å². The lowest BCUT2D eigenvalue weighted by Gasteiger charge is -2.12. The number of anilines is 1. The topological polar surface area (TPSA) is 26.0 Å². The smallest absolute Gasteiger partial charge is 0.398 e. The highest BCUT2D eigenvalue weighted by Gasteiger charge is 2.31. The first-order valence-corrected chi connectivity index (χ1v) is 5.73. The minimum absolute atomic E-state index is 0. The molecule has 1 nitrogen and oxygen atoms in total. The zero-order chi connectivity index (χ0) is 15.8. The molecule has 0 saturated carbocycles. The first-order chi connectivity index (χ1) is 9.59. The average molecular weight is 342 g/mol. The number of nitrogen functional groups attached to an aromatic ring is 1. The van der Waals surface area contributed by atoms with Crippen molar-refractivity contribution in [3.63, 3.8) is 0 Å². The monoisotopic (exact) mass is 341 g/mol. The number of rotatable bonds is 1. The lowest BCUT2D eigenvalue weighted by Crippen LogP contribution is -2.06. The van der Waals surface area contributed by atoms with Gasteiger partial charge in [0.25, 0.3) is 0 Å². The summed E-state index contributed by atoms with van der Waals surface area (Å²) in [6, 6.07) is 6.78. The number of halogens is 7. The fourth-order valence-corrected chi connectivity index (χ4v) is 1.84. The maximum atomic E-state index is 12.5. The van der Waals surface area contributed by atoms with Gasteiger partial charge in [-0.15, -0.1) is 12.4 Å².